The number of nitrogens with one attached hydrogen (secondary N) is 1. The molecule has 15 heavy (non-hydrogen) atoms. The number of nitrogens with zero attached hydrogens (tertiary/aromatic N) is 1. The van der Waals surface area contributed by atoms with Crippen LogP contribution in [0.1, 0.15) is 0 Å². The van der Waals surface area contributed by atoms with Crippen LogP contribution in [0.2, 0.25) is 0 Å². The van der Waals surface area contributed by atoms with Crippen LogP contribution in [0.25, 0.3) is 0 Å². The maximum atomic E-state index is 3.52. The van der Waals surface area contributed by atoms with Gasteiger partial charge >= 0.3 is 0 Å². The van der Waals surface area contributed by atoms with Gasteiger partial charge in [0.25, 0.3) is 0 Å². The van der Waals surface area contributed by atoms with E-state index in [0.29, 0.717) is 6.04 Å². The summed E-state index contributed by atoms with van der Waals surface area (Å²) in [6.45, 7) is 2.27. The molecule has 2 nitrogen and oxygen atoms in total. The minimum atomic E-state index is 0.678. The standard InChI is InChI=1S/C11H13BrN2S/c12-8-1-2-11-10(5-8)13-6-9-7-15-4-3-14(9)11/h1-2,5,9,13H,3-4,6-7H2. The highest BCUT2D eigenvalue weighted by Crippen LogP contribution is 2.36. The van der Waals surface area contributed by atoms with Crippen LogP contribution in [0, 0.1) is 0 Å². The lowest BCUT2D eigenvalue weighted by Crippen LogP contribution is -2.49. The third-order valence-electron chi connectivity index (χ3n) is 3.02. The first-order valence-corrected chi connectivity index (χ1v) is 7.17. The van der Waals surface area contributed by atoms with E-state index in [9.17, 15) is 0 Å². The summed E-state index contributed by atoms with van der Waals surface area (Å²) in [6.07, 6.45) is 0. The molecule has 0 aliphatic carbocycles. The molecule has 1 aromatic rings. The third kappa shape index (κ3) is 1.74. The van der Waals surface area contributed by atoms with Gasteiger partial charge in [-0.15, -0.1) is 0 Å². The molecule has 2 aliphatic rings. The van der Waals surface area contributed by atoms with E-state index in [0.717, 1.165) is 11.0 Å². The van der Waals surface area contributed by atoms with Crippen molar-refractivity contribution in [1.29, 1.82) is 0 Å². The smallest absolute Gasteiger partial charge is 0.0606 e. The fourth-order valence-electron chi connectivity index (χ4n) is 2.27. The Kier molecular flexibility index (Phi) is 2.56. The van der Waals surface area contributed by atoms with Gasteiger partial charge in [-0.25, -0.2) is 0 Å². The topological polar surface area (TPSA) is 15.3 Å². The summed E-state index contributed by atoms with van der Waals surface area (Å²) < 4.78 is 1.15. The van der Waals surface area contributed by atoms with Crippen molar-refractivity contribution in [2.75, 3.05) is 34.8 Å². The molecule has 0 bridgehead atoms. The van der Waals surface area contributed by atoms with Crippen LogP contribution in [0.4, 0.5) is 11.4 Å². The molecule has 1 saturated heterocycles. The molecule has 1 fully saturated rings. The molecule has 1 atom stereocenters. The summed E-state index contributed by atoms with van der Waals surface area (Å²) in [4.78, 5) is 2.55. The van der Waals surface area contributed by atoms with Gasteiger partial charge in [0.05, 0.1) is 17.4 Å². The second-order valence-corrected chi connectivity index (χ2v) is 6.03. The quantitative estimate of drug-likeness (QED) is 0.789. The van der Waals surface area contributed by atoms with Crippen molar-refractivity contribution in [3.63, 3.8) is 0 Å². The van der Waals surface area contributed by atoms with Crippen molar-refractivity contribution in [1.82, 2.24) is 0 Å². The number of fused-ring (bicyclic) bond motifs is 3. The lowest BCUT2D eigenvalue weighted by molar-refractivity contribution is 0.656. The van der Waals surface area contributed by atoms with E-state index in [1.54, 1.807) is 0 Å². The largest absolute Gasteiger partial charge is 0.381 e. The van der Waals surface area contributed by atoms with Crippen LogP contribution >= 0.6 is 27.7 Å². The molecular weight excluding hydrogens is 272 g/mol. The fourth-order valence-corrected chi connectivity index (χ4v) is 3.69. The predicted octanol–water partition coefficient (Wildman–Crippen LogP) is 2.80. The lowest BCUT2D eigenvalue weighted by atomic mass is 10.1. The Morgan fingerprint density at radius 1 is 1.47 bits per heavy atom. The molecule has 0 amide bonds. The zero-order chi connectivity index (χ0) is 10.3. The van der Waals surface area contributed by atoms with Gasteiger partial charge in [0, 0.05) is 29.1 Å². The molecule has 0 spiro atoms. The summed E-state index contributed by atoms with van der Waals surface area (Å²) in [5, 5.41) is 3.52. The first kappa shape index (κ1) is 9.85. The Labute approximate surface area is 103 Å². The Morgan fingerprint density at radius 2 is 2.40 bits per heavy atom. The summed E-state index contributed by atoms with van der Waals surface area (Å²) in [5.74, 6) is 2.51. The van der Waals surface area contributed by atoms with Gasteiger partial charge in [-0.05, 0) is 18.2 Å². The van der Waals surface area contributed by atoms with E-state index in [-0.39, 0.29) is 0 Å². The number of anilines is 2. The van der Waals surface area contributed by atoms with Crippen molar-refractivity contribution < 1.29 is 0 Å². The molecule has 1 unspecified atom stereocenters. The molecule has 2 heterocycles. The average molecular weight is 285 g/mol. The van der Waals surface area contributed by atoms with Crippen molar-refractivity contribution >= 4 is 39.1 Å². The Bertz CT molecular complexity index is 383. The number of rotatable bonds is 0. The molecule has 2 aliphatic heterocycles. The zero-order valence-electron chi connectivity index (χ0n) is 8.37. The minimum Gasteiger partial charge on any atom is -0.381 e. The molecule has 0 aromatic heterocycles. The molecule has 0 radical (unpaired) electrons. The van der Waals surface area contributed by atoms with Gasteiger partial charge in [-0.1, -0.05) is 15.9 Å². The third-order valence-corrected chi connectivity index (χ3v) is 4.61. The highest BCUT2D eigenvalue weighted by atomic mass is 79.9. The van der Waals surface area contributed by atoms with Gasteiger partial charge < -0.3 is 10.2 Å². The van der Waals surface area contributed by atoms with Crippen LogP contribution < -0.4 is 10.2 Å². The first-order chi connectivity index (χ1) is 7.34. The Hall–Kier alpha value is -0.350. The van der Waals surface area contributed by atoms with E-state index >= 15 is 0 Å². The Balaban J connectivity index is 1.99. The maximum absolute atomic E-state index is 3.52. The Morgan fingerprint density at radius 3 is 3.33 bits per heavy atom. The predicted molar refractivity (Wildman–Crippen MR) is 71.1 cm³/mol. The number of benzene rings is 1. The van der Waals surface area contributed by atoms with Gasteiger partial charge in [-0.3, -0.25) is 0 Å². The van der Waals surface area contributed by atoms with Crippen molar-refractivity contribution in [2.24, 2.45) is 0 Å². The second kappa shape index (κ2) is 3.91. The number of hydrogen-bond donors (Lipinski definition) is 1. The molecule has 0 saturated carbocycles. The van der Waals surface area contributed by atoms with E-state index in [1.807, 2.05) is 0 Å². The number of hydrogen-bond acceptors (Lipinski definition) is 3. The van der Waals surface area contributed by atoms with Gasteiger partial charge in [0.2, 0.25) is 0 Å². The summed E-state index contributed by atoms with van der Waals surface area (Å²) >= 11 is 5.58. The average Bonchev–Trinajstić information content (AvgIpc) is 2.28. The van der Waals surface area contributed by atoms with E-state index in [1.165, 1.54) is 29.4 Å². The van der Waals surface area contributed by atoms with Crippen molar-refractivity contribution in [2.45, 2.75) is 6.04 Å². The highest BCUT2D eigenvalue weighted by Gasteiger charge is 2.28. The summed E-state index contributed by atoms with van der Waals surface area (Å²) in [7, 11) is 0. The maximum Gasteiger partial charge on any atom is 0.0606 e. The molecule has 80 valence electrons. The SMILES string of the molecule is Brc1ccc2c(c1)NCC1CSCCN21. The van der Waals surface area contributed by atoms with Crippen LogP contribution in [-0.4, -0.2) is 30.6 Å². The molecule has 4 heteroatoms. The number of halogens is 1. The van der Waals surface area contributed by atoms with E-state index < -0.39 is 0 Å². The lowest BCUT2D eigenvalue weighted by Gasteiger charge is -2.42. The summed E-state index contributed by atoms with van der Waals surface area (Å²) in [5.41, 5.74) is 2.64. The normalized spacial score (nSPS) is 24.1. The molecule has 1 N–H and O–H groups in total. The van der Waals surface area contributed by atoms with Crippen LogP contribution in [0.3, 0.4) is 0 Å². The number of thioether (sulfide) groups is 1. The zero-order valence-corrected chi connectivity index (χ0v) is 10.8. The molecule has 3 rings (SSSR count). The van der Waals surface area contributed by atoms with Crippen molar-refractivity contribution in [3.8, 4) is 0 Å². The minimum absolute atomic E-state index is 0.678. The van der Waals surface area contributed by atoms with Crippen molar-refractivity contribution in [3.05, 3.63) is 22.7 Å². The van der Waals surface area contributed by atoms with E-state index in [4.69, 9.17) is 0 Å². The van der Waals surface area contributed by atoms with E-state index in [2.05, 4.69) is 56.1 Å². The molecule has 1 aromatic carbocycles. The van der Waals surface area contributed by atoms with Gasteiger partial charge in [-0.2, -0.15) is 11.8 Å². The van der Waals surface area contributed by atoms with Crippen LogP contribution in [0.5, 0.6) is 0 Å². The fraction of sp³-hybridized carbons (Fsp3) is 0.455. The van der Waals surface area contributed by atoms with Gasteiger partial charge in [0.15, 0.2) is 0 Å². The highest BCUT2D eigenvalue weighted by molar-refractivity contribution is 9.10. The van der Waals surface area contributed by atoms with Gasteiger partial charge in [0.1, 0.15) is 0 Å². The molecular formula is C11H13BrN2S. The van der Waals surface area contributed by atoms with Crippen LogP contribution in [0.15, 0.2) is 22.7 Å². The monoisotopic (exact) mass is 284 g/mol. The second-order valence-electron chi connectivity index (χ2n) is 3.96. The first-order valence-electron chi connectivity index (χ1n) is 5.22. The van der Waals surface area contributed by atoms with Crippen LogP contribution in [-0.2, 0) is 0 Å². The summed E-state index contributed by atoms with van der Waals surface area (Å²) in [6, 6.07) is 7.20.